The number of carbonyl (C=O) groups is 1. The van der Waals surface area contributed by atoms with Crippen LogP contribution < -0.4 is 4.74 Å². The molecule has 3 aromatic rings. The largest absolute Gasteiger partial charge is 0.478 e. The molecule has 0 aliphatic carbocycles. The number of benzene rings is 2. The van der Waals surface area contributed by atoms with Crippen LogP contribution in [0.2, 0.25) is 0 Å². The molecule has 5 heteroatoms. The monoisotopic (exact) mass is 283 g/mol. The Labute approximate surface area is 119 Å². The van der Waals surface area contributed by atoms with Crippen LogP contribution in [0.5, 0.6) is 11.6 Å². The predicted molar refractivity (Wildman–Crippen MR) is 75.2 cm³/mol. The molecule has 2 aromatic carbocycles. The number of ether oxygens (including phenoxy) is 1. The van der Waals surface area contributed by atoms with Gasteiger partial charge in [0.2, 0.25) is 5.88 Å². The normalized spacial score (nSPS) is 10.5. The second-order valence-electron chi connectivity index (χ2n) is 4.39. The minimum absolute atomic E-state index is 0.0276. The van der Waals surface area contributed by atoms with Crippen molar-refractivity contribution in [2.75, 3.05) is 0 Å². The first kappa shape index (κ1) is 13.1. The van der Waals surface area contributed by atoms with Crippen molar-refractivity contribution in [2.24, 2.45) is 0 Å². The van der Waals surface area contributed by atoms with Crippen LogP contribution in [0.3, 0.4) is 0 Å². The fourth-order valence-corrected chi connectivity index (χ4v) is 2.05. The SMILES string of the molecule is O=C(O)c1ccc2ccccc2c1Oc1ccc(F)cn1. The maximum Gasteiger partial charge on any atom is 0.339 e. The van der Waals surface area contributed by atoms with Gasteiger partial charge in [0.25, 0.3) is 0 Å². The third-order valence-electron chi connectivity index (χ3n) is 3.02. The van der Waals surface area contributed by atoms with E-state index < -0.39 is 11.8 Å². The quantitative estimate of drug-likeness (QED) is 0.792. The van der Waals surface area contributed by atoms with E-state index in [2.05, 4.69) is 4.98 Å². The molecule has 3 rings (SSSR count). The van der Waals surface area contributed by atoms with Crippen LogP contribution in [0, 0.1) is 5.82 Å². The second-order valence-corrected chi connectivity index (χ2v) is 4.39. The first-order valence-corrected chi connectivity index (χ1v) is 6.19. The van der Waals surface area contributed by atoms with Crippen LogP contribution in [0.4, 0.5) is 4.39 Å². The van der Waals surface area contributed by atoms with Gasteiger partial charge in [0.05, 0.1) is 6.20 Å². The fraction of sp³-hybridized carbons (Fsp3) is 0. The van der Waals surface area contributed by atoms with Crippen molar-refractivity contribution >= 4 is 16.7 Å². The molecule has 0 unspecified atom stereocenters. The molecule has 0 aliphatic rings. The summed E-state index contributed by atoms with van der Waals surface area (Å²) in [6, 6.07) is 13.0. The summed E-state index contributed by atoms with van der Waals surface area (Å²) in [7, 11) is 0. The van der Waals surface area contributed by atoms with Gasteiger partial charge >= 0.3 is 5.97 Å². The van der Waals surface area contributed by atoms with Crippen molar-refractivity contribution in [2.45, 2.75) is 0 Å². The van der Waals surface area contributed by atoms with Gasteiger partial charge < -0.3 is 9.84 Å². The zero-order valence-electron chi connectivity index (χ0n) is 10.8. The summed E-state index contributed by atoms with van der Waals surface area (Å²) >= 11 is 0. The first-order chi connectivity index (χ1) is 10.1. The number of nitrogens with zero attached hydrogens (tertiary/aromatic N) is 1. The van der Waals surface area contributed by atoms with Crippen LogP contribution >= 0.6 is 0 Å². The summed E-state index contributed by atoms with van der Waals surface area (Å²) in [5.41, 5.74) is 0.0276. The smallest absolute Gasteiger partial charge is 0.339 e. The van der Waals surface area contributed by atoms with E-state index in [0.29, 0.717) is 5.39 Å². The predicted octanol–water partition coefficient (Wildman–Crippen LogP) is 3.86. The van der Waals surface area contributed by atoms with E-state index in [4.69, 9.17) is 4.74 Å². The highest BCUT2D eigenvalue weighted by atomic mass is 19.1. The van der Waals surface area contributed by atoms with E-state index in [9.17, 15) is 14.3 Å². The minimum atomic E-state index is -1.10. The molecule has 0 atom stereocenters. The maximum absolute atomic E-state index is 12.9. The zero-order valence-corrected chi connectivity index (χ0v) is 10.8. The molecule has 0 saturated heterocycles. The van der Waals surface area contributed by atoms with E-state index in [-0.39, 0.29) is 17.2 Å². The topological polar surface area (TPSA) is 59.4 Å². The van der Waals surface area contributed by atoms with Gasteiger partial charge in [-0.25, -0.2) is 14.2 Å². The molecule has 1 N–H and O–H groups in total. The Bertz CT molecular complexity index is 815. The molecule has 1 heterocycles. The van der Waals surface area contributed by atoms with Crippen LogP contribution in [0.1, 0.15) is 10.4 Å². The number of fused-ring (bicyclic) bond motifs is 1. The number of hydrogen-bond acceptors (Lipinski definition) is 3. The first-order valence-electron chi connectivity index (χ1n) is 6.19. The molecule has 104 valence electrons. The van der Waals surface area contributed by atoms with Gasteiger partial charge in [0.1, 0.15) is 11.4 Å². The van der Waals surface area contributed by atoms with Crippen molar-refractivity contribution in [3.63, 3.8) is 0 Å². The summed E-state index contributed by atoms with van der Waals surface area (Å²) in [4.78, 5) is 15.1. The maximum atomic E-state index is 12.9. The van der Waals surface area contributed by atoms with Crippen LogP contribution in [-0.2, 0) is 0 Å². The second kappa shape index (κ2) is 5.20. The standard InChI is InChI=1S/C16H10FNO3/c17-11-6-8-14(18-9-11)21-15-12-4-2-1-3-10(12)5-7-13(15)16(19)20/h1-9H,(H,19,20). The molecule has 21 heavy (non-hydrogen) atoms. The molecule has 0 aliphatic heterocycles. The minimum Gasteiger partial charge on any atom is -0.478 e. The lowest BCUT2D eigenvalue weighted by Gasteiger charge is -2.11. The van der Waals surface area contributed by atoms with Crippen LogP contribution in [0.15, 0.2) is 54.7 Å². The van der Waals surface area contributed by atoms with E-state index in [1.54, 1.807) is 18.2 Å². The Morgan fingerprint density at radius 2 is 1.90 bits per heavy atom. The van der Waals surface area contributed by atoms with Gasteiger partial charge in [0, 0.05) is 11.5 Å². The van der Waals surface area contributed by atoms with Crippen molar-refractivity contribution in [1.29, 1.82) is 0 Å². The van der Waals surface area contributed by atoms with E-state index in [1.165, 1.54) is 18.2 Å². The fourth-order valence-electron chi connectivity index (χ4n) is 2.05. The van der Waals surface area contributed by atoms with Crippen molar-refractivity contribution in [3.8, 4) is 11.6 Å². The Kier molecular flexibility index (Phi) is 3.23. The molecule has 0 saturated carbocycles. The summed E-state index contributed by atoms with van der Waals surface area (Å²) < 4.78 is 18.5. The molecule has 0 amide bonds. The van der Waals surface area contributed by atoms with Gasteiger partial charge in [-0.3, -0.25) is 0 Å². The Morgan fingerprint density at radius 3 is 2.62 bits per heavy atom. The summed E-state index contributed by atoms with van der Waals surface area (Å²) in [6.45, 7) is 0. The van der Waals surface area contributed by atoms with Gasteiger partial charge in [-0.2, -0.15) is 0 Å². The van der Waals surface area contributed by atoms with Gasteiger partial charge in [-0.1, -0.05) is 30.3 Å². The van der Waals surface area contributed by atoms with Crippen molar-refractivity contribution < 1.29 is 19.0 Å². The van der Waals surface area contributed by atoms with Gasteiger partial charge in [0.15, 0.2) is 5.75 Å². The van der Waals surface area contributed by atoms with E-state index >= 15 is 0 Å². The van der Waals surface area contributed by atoms with E-state index in [1.807, 2.05) is 12.1 Å². The number of hydrogen-bond donors (Lipinski definition) is 1. The molecule has 0 radical (unpaired) electrons. The lowest BCUT2D eigenvalue weighted by atomic mass is 10.1. The molecule has 1 aromatic heterocycles. The summed E-state index contributed by atoms with van der Waals surface area (Å²) in [5.74, 6) is -1.26. The molecular formula is C16H10FNO3. The highest BCUT2D eigenvalue weighted by molar-refractivity contribution is 6.00. The van der Waals surface area contributed by atoms with Crippen LogP contribution in [-0.4, -0.2) is 16.1 Å². The van der Waals surface area contributed by atoms with E-state index in [0.717, 1.165) is 11.6 Å². The van der Waals surface area contributed by atoms with Crippen LogP contribution in [0.25, 0.3) is 10.8 Å². The third-order valence-corrected chi connectivity index (χ3v) is 3.02. The van der Waals surface area contributed by atoms with Crippen molar-refractivity contribution in [1.82, 2.24) is 4.98 Å². The Morgan fingerprint density at radius 1 is 1.10 bits per heavy atom. The number of halogens is 1. The number of aromatic carboxylic acids is 1. The molecule has 4 nitrogen and oxygen atoms in total. The molecule has 0 bridgehead atoms. The lowest BCUT2D eigenvalue weighted by Crippen LogP contribution is -2.01. The third kappa shape index (κ3) is 2.53. The number of pyridine rings is 1. The zero-order chi connectivity index (χ0) is 14.8. The number of aromatic nitrogens is 1. The highest BCUT2D eigenvalue weighted by Gasteiger charge is 2.16. The Balaban J connectivity index is 2.16. The molecule has 0 fully saturated rings. The van der Waals surface area contributed by atoms with Gasteiger partial charge in [-0.05, 0) is 17.5 Å². The number of carboxylic acids is 1. The van der Waals surface area contributed by atoms with Gasteiger partial charge in [-0.15, -0.1) is 0 Å². The highest BCUT2D eigenvalue weighted by Crippen LogP contribution is 2.33. The number of rotatable bonds is 3. The number of carboxylic acid groups (broad SMARTS) is 1. The average Bonchev–Trinajstić information content (AvgIpc) is 2.49. The summed E-state index contributed by atoms with van der Waals surface area (Å²) in [5, 5.41) is 10.8. The average molecular weight is 283 g/mol. The molecular weight excluding hydrogens is 273 g/mol. The summed E-state index contributed by atoms with van der Waals surface area (Å²) in [6.07, 6.45) is 1.01. The lowest BCUT2D eigenvalue weighted by molar-refractivity contribution is 0.0694. The Hall–Kier alpha value is -2.95. The van der Waals surface area contributed by atoms with Crippen molar-refractivity contribution in [3.05, 3.63) is 66.1 Å². The molecule has 0 spiro atoms.